The zero-order chi connectivity index (χ0) is 12.3. The van der Waals surface area contributed by atoms with Crippen LogP contribution in [0.3, 0.4) is 0 Å². The number of aromatic nitrogens is 2. The topological polar surface area (TPSA) is 114 Å². The van der Waals surface area contributed by atoms with Crippen molar-refractivity contribution >= 4 is 15.9 Å². The van der Waals surface area contributed by atoms with Gasteiger partial charge in [-0.05, 0) is 12.5 Å². The van der Waals surface area contributed by atoms with E-state index in [1.165, 1.54) is 24.0 Å². The van der Waals surface area contributed by atoms with Crippen LogP contribution in [-0.2, 0) is 17.1 Å². The molecular formula is C8H15N5O2S. The van der Waals surface area contributed by atoms with Gasteiger partial charge in [-0.1, -0.05) is 6.92 Å². The van der Waals surface area contributed by atoms with Crippen molar-refractivity contribution in [1.29, 1.82) is 5.41 Å². The summed E-state index contributed by atoms with van der Waals surface area (Å²) in [5.74, 6) is -0.201. The van der Waals surface area contributed by atoms with Crippen LogP contribution in [0.5, 0.6) is 0 Å². The van der Waals surface area contributed by atoms with Gasteiger partial charge in [-0.25, -0.2) is 8.42 Å². The minimum atomic E-state index is -3.67. The Balaban J connectivity index is 2.97. The van der Waals surface area contributed by atoms with Crippen LogP contribution in [0, 0.1) is 5.41 Å². The second kappa shape index (κ2) is 4.62. The van der Waals surface area contributed by atoms with Crippen LogP contribution in [0.15, 0.2) is 17.3 Å². The predicted molar refractivity (Wildman–Crippen MR) is 59.5 cm³/mol. The summed E-state index contributed by atoms with van der Waals surface area (Å²) in [7, 11) is -2.14. The smallest absolute Gasteiger partial charge is 0.258 e. The van der Waals surface area contributed by atoms with Gasteiger partial charge in [0, 0.05) is 7.05 Å². The summed E-state index contributed by atoms with van der Waals surface area (Å²) in [5.41, 5.74) is 5.28. The molecule has 16 heavy (non-hydrogen) atoms. The van der Waals surface area contributed by atoms with Crippen molar-refractivity contribution in [2.24, 2.45) is 12.8 Å². The molecule has 0 aromatic carbocycles. The van der Waals surface area contributed by atoms with E-state index in [0.29, 0.717) is 6.42 Å². The van der Waals surface area contributed by atoms with Crippen LogP contribution in [0.25, 0.3) is 0 Å². The average molecular weight is 245 g/mol. The molecule has 0 bridgehead atoms. The Kier molecular flexibility index (Phi) is 3.66. The Hall–Kier alpha value is -1.41. The number of hydrogen-bond acceptors (Lipinski definition) is 4. The Labute approximate surface area is 94.2 Å². The minimum absolute atomic E-state index is 0.0483. The summed E-state index contributed by atoms with van der Waals surface area (Å²) in [6.45, 7) is 1.75. The number of nitrogens with one attached hydrogen (secondary N) is 2. The zero-order valence-corrected chi connectivity index (χ0v) is 9.95. The van der Waals surface area contributed by atoms with E-state index in [4.69, 9.17) is 11.1 Å². The van der Waals surface area contributed by atoms with Gasteiger partial charge >= 0.3 is 0 Å². The Morgan fingerprint density at radius 1 is 1.75 bits per heavy atom. The highest BCUT2D eigenvalue weighted by molar-refractivity contribution is 7.89. The molecule has 0 aliphatic heterocycles. The van der Waals surface area contributed by atoms with Crippen LogP contribution < -0.4 is 10.5 Å². The van der Waals surface area contributed by atoms with Crippen LogP contribution in [-0.4, -0.2) is 30.1 Å². The molecule has 1 atom stereocenters. The quantitative estimate of drug-likeness (QED) is 0.475. The number of sulfonamides is 1. The van der Waals surface area contributed by atoms with Crippen molar-refractivity contribution in [1.82, 2.24) is 14.5 Å². The molecule has 8 heteroatoms. The molecule has 1 aromatic heterocycles. The van der Waals surface area contributed by atoms with Crippen LogP contribution in [0.1, 0.15) is 13.3 Å². The number of hydrogen-bond donors (Lipinski definition) is 3. The van der Waals surface area contributed by atoms with Gasteiger partial charge in [0.05, 0.1) is 12.2 Å². The molecule has 0 radical (unpaired) electrons. The van der Waals surface area contributed by atoms with E-state index in [9.17, 15) is 8.42 Å². The molecule has 1 rings (SSSR count). The van der Waals surface area contributed by atoms with E-state index in [-0.39, 0.29) is 10.9 Å². The lowest BCUT2D eigenvalue weighted by Crippen LogP contribution is -2.43. The van der Waals surface area contributed by atoms with Crippen molar-refractivity contribution in [3.8, 4) is 0 Å². The summed E-state index contributed by atoms with van der Waals surface area (Å²) in [4.78, 5) is 0. The summed E-state index contributed by atoms with van der Waals surface area (Å²) < 4.78 is 27.3. The van der Waals surface area contributed by atoms with E-state index in [2.05, 4.69) is 9.82 Å². The molecule has 4 N–H and O–H groups in total. The fourth-order valence-electron chi connectivity index (χ4n) is 1.24. The van der Waals surface area contributed by atoms with Crippen LogP contribution in [0.4, 0.5) is 0 Å². The van der Waals surface area contributed by atoms with Gasteiger partial charge < -0.3 is 5.73 Å². The molecule has 1 heterocycles. The first-order valence-corrected chi connectivity index (χ1v) is 6.21. The van der Waals surface area contributed by atoms with E-state index in [1.54, 1.807) is 6.92 Å². The van der Waals surface area contributed by atoms with Gasteiger partial charge in [-0.15, -0.1) is 0 Å². The molecule has 0 amide bonds. The first-order chi connectivity index (χ1) is 7.38. The third kappa shape index (κ3) is 2.58. The number of nitrogens with two attached hydrogens (primary N) is 1. The molecule has 1 aromatic rings. The molecule has 7 nitrogen and oxygen atoms in total. The molecule has 0 saturated heterocycles. The highest BCUT2D eigenvalue weighted by atomic mass is 32.2. The van der Waals surface area contributed by atoms with Gasteiger partial charge in [-0.2, -0.15) is 9.82 Å². The van der Waals surface area contributed by atoms with Gasteiger partial charge in [0.1, 0.15) is 5.84 Å². The zero-order valence-electron chi connectivity index (χ0n) is 9.14. The third-order valence-corrected chi connectivity index (χ3v) is 3.68. The summed E-state index contributed by atoms with van der Waals surface area (Å²) in [6.07, 6.45) is 1.82. The number of nitrogens with zero attached hydrogens (tertiary/aromatic N) is 2. The molecule has 0 saturated carbocycles. The lowest BCUT2D eigenvalue weighted by Gasteiger charge is -2.15. The monoisotopic (exact) mass is 245 g/mol. The van der Waals surface area contributed by atoms with E-state index in [0.717, 1.165) is 0 Å². The molecule has 0 fully saturated rings. The van der Waals surface area contributed by atoms with Gasteiger partial charge in [-0.3, -0.25) is 10.1 Å². The van der Waals surface area contributed by atoms with Crippen molar-refractivity contribution in [3.05, 3.63) is 12.3 Å². The lowest BCUT2D eigenvalue weighted by molar-refractivity contribution is 0.554. The Morgan fingerprint density at radius 3 is 2.75 bits per heavy atom. The molecule has 0 aliphatic carbocycles. The molecule has 1 unspecified atom stereocenters. The van der Waals surface area contributed by atoms with Crippen molar-refractivity contribution < 1.29 is 8.42 Å². The van der Waals surface area contributed by atoms with Gasteiger partial charge in [0.2, 0.25) is 0 Å². The highest BCUT2D eigenvalue weighted by Crippen LogP contribution is 2.07. The van der Waals surface area contributed by atoms with Crippen molar-refractivity contribution in [3.63, 3.8) is 0 Å². The summed E-state index contributed by atoms with van der Waals surface area (Å²) in [5, 5.41) is 11.1. The fourth-order valence-corrected chi connectivity index (χ4v) is 2.66. The fraction of sp³-hybridized carbons (Fsp3) is 0.500. The van der Waals surface area contributed by atoms with Crippen molar-refractivity contribution in [2.45, 2.75) is 24.4 Å². The highest BCUT2D eigenvalue weighted by Gasteiger charge is 2.23. The first-order valence-electron chi connectivity index (χ1n) is 4.72. The number of amidine groups is 1. The predicted octanol–water partition coefficient (Wildman–Crippen LogP) is -0.587. The Morgan fingerprint density at radius 2 is 2.38 bits per heavy atom. The maximum absolute atomic E-state index is 11.9. The average Bonchev–Trinajstić information content (AvgIpc) is 2.61. The Bertz CT molecular complexity index is 478. The van der Waals surface area contributed by atoms with Crippen LogP contribution >= 0.6 is 0 Å². The normalized spacial score (nSPS) is 13.6. The van der Waals surface area contributed by atoms with E-state index in [1.807, 2.05) is 0 Å². The summed E-state index contributed by atoms with van der Waals surface area (Å²) in [6, 6.07) is 0.703. The largest absolute Gasteiger partial charge is 0.386 e. The minimum Gasteiger partial charge on any atom is -0.386 e. The second-order valence-corrected chi connectivity index (χ2v) is 4.99. The standard InChI is InChI=1S/C8H15N5O2S/c1-3-6(8(9)10)12-16(14,15)7-4-5-11-13(7)2/h4-6,12H,3H2,1-2H3,(H3,9,10). The first kappa shape index (κ1) is 12.7. The molecule has 90 valence electrons. The maximum atomic E-state index is 11.9. The molecule has 0 aliphatic rings. The molecule has 0 spiro atoms. The second-order valence-electron chi connectivity index (χ2n) is 3.33. The SMILES string of the molecule is CCC(NS(=O)(=O)c1ccnn1C)C(=N)N. The van der Waals surface area contributed by atoms with E-state index >= 15 is 0 Å². The molecular weight excluding hydrogens is 230 g/mol. The van der Waals surface area contributed by atoms with Gasteiger partial charge in [0.25, 0.3) is 10.0 Å². The van der Waals surface area contributed by atoms with E-state index < -0.39 is 16.1 Å². The number of aryl methyl sites for hydroxylation is 1. The summed E-state index contributed by atoms with van der Waals surface area (Å²) >= 11 is 0. The van der Waals surface area contributed by atoms with Gasteiger partial charge in [0.15, 0.2) is 5.03 Å². The van der Waals surface area contributed by atoms with Crippen LogP contribution in [0.2, 0.25) is 0 Å². The lowest BCUT2D eigenvalue weighted by atomic mass is 10.2. The van der Waals surface area contributed by atoms with Crippen molar-refractivity contribution in [2.75, 3.05) is 0 Å². The maximum Gasteiger partial charge on any atom is 0.258 e. The third-order valence-electron chi connectivity index (χ3n) is 2.13. The number of rotatable bonds is 5.